The van der Waals surface area contributed by atoms with Crippen LogP contribution in [-0.2, 0) is 9.53 Å². The first kappa shape index (κ1) is 13.3. The van der Waals surface area contributed by atoms with Gasteiger partial charge in [-0.05, 0) is 32.2 Å². The maximum atomic E-state index is 12.7. The Morgan fingerprint density at radius 3 is 2.53 bits per heavy atom. The van der Waals surface area contributed by atoms with Crippen molar-refractivity contribution in [2.75, 3.05) is 45.9 Å². The Hall–Kier alpha value is -0.650. The van der Waals surface area contributed by atoms with Crippen LogP contribution < -0.4 is 5.32 Å². The molecule has 0 unspecified atom stereocenters. The summed E-state index contributed by atoms with van der Waals surface area (Å²) in [6.07, 6.45) is 4.39. The fourth-order valence-electron chi connectivity index (χ4n) is 3.60. The summed E-state index contributed by atoms with van der Waals surface area (Å²) in [5, 5.41) is 3.31. The van der Waals surface area contributed by atoms with E-state index in [1.165, 1.54) is 6.42 Å². The fourth-order valence-corrected chi connectivity index (χ4v) is 3.60. The Balaban J connectivity index is 1.62. The molecule has 0 aliphatic carbocycles. The minimum absolute atomic E-state index is 0.140. The van der Waals surface area contributed by atoms with E-state index in [-0.39, 0.29) is 6.04 Å². The fraction of sp³-hybridized carbons (Fsp3) is 0.929. The van der Waals surface area contributed by atoms with Gasteiger partial charge in [0, 0.05) is 45.4 Å². The van der Waals surface area contributed by atoms with Crippen molar-refractivity contribution >= 4 is 5.91 Å². The van der Waals surface area contributed by atoms with Gasteiger partial charge in [-0.15, -0.1) is 0 Å². The van der Waals surface area contributed by atoms with Crippen molar-refractivity contribution in [3.05, 3.63) is 0 Å². The quantitative estimate of drug-likeness (QED) is 0.768. The number of hydrogen-bond donors (Lipinski definition) is 1. The molecule has 1 amide bonds. The second-order valence-corrected chi connectivity index (χ2v) is 5.81. The third-order valence-electron chi connectivity index (χ3n) is 4.67. The van der Waals surface area contributed by atoms with Crippen LogP contribution in [0.15, 0.2) is 0 Å². The molecule has 3 rings (SSSR count). The van der Waals surface area contributed by atoms with Crippen molar-refractivity contribution < 1.29 is 9.53 Å². The van der Waals surface area contributed by atoms with Gasteiger partial charge in [-0.1, -0.05) is 0 Å². The second kappa shape index (κ2) is 6.20. The average molecular weight is 267 g/mol. The van der Waals surface area contributed by atoms with Gasteiger partial charge in [-0.2, -0.15) is 0 Å². The van der Waals surface area contributed by atoms with Crippen LogP contribution in [-0.4, -0.2) is 73.7 Å². The van der Waals surface area contributed by atoms with Crippen molar-refractivity contribution in [1.82, 2.24) is 15.1 Å². The van der Waals surface area contributed by atoms with E-state index in [1.807, 2.05) is 0 Å². The zero-order valence-electron chi connectivity index (χ0n) is 11.6. The highest BCUT2D eigenvalue weighted by Gasteiger charge is 2.38. The topological polar surface area (TPSA) is 44.8 Å². The van der Waals surface area contributed by atoms with Gasteiger partial charge in [0.1, 0.15) is 0 Å². The zero-order chi connectivity index (χ0) is 13.1. The molecule has 0 bridgehead atoms. The van der Waals surface area contributed by atoms with Gasteiger partial charge in [-0.25, -0.2) is 0 Å². The van der Waals surface area contributed by atoms with Crippen molar-refractivity contribution in [3.63, 3.8) is 0 Å². The van der Waals surface area contributed by atoms with Crippen molar-refractivity contribution in [3.8, 4) is 0 Å². The number of carbonyl (C=O) groups excluding carboxylic acids is 1. The highest BCUT2D eigenvalue weighted by atomic mass is 16.5. The number of amides is 1. The van der Waals surface area contributed by atoms with Gasteiger partial charge in [0.2, 0.25) is 5.91 Å². The maximum absolute atomic E-state index is 12.7. The Morgan fingerprint density at radius 1 is 1.05 bits per heavy atom. The molecule has 3 saturated heterocycles. The number of carbonyl (C=O) groups is 1. The minimum atomic E-state index is 0.140. The van der Waals surface area contributed by atoms with E-state index in [4.69, 9.17) is 4.74 Å². The molecule has 3 fully saturated rings. The number of nitrogens with zero attached hydrogens (tertiary/aromatic N) is 2. The number of rotatable bonds is 2. The van der Waals surface area contributed by atoms with Crippen LogP contribution >= 0.6 is 0 Å². The molecule has 0 aromatic heterocycles. The van der Waals surface area contributed by atoms with Crippen LogP contribution in [0, 0.1) is 0 Å². The molecular formula is C14H25N3O2. The summed E-state index contributed by atoms with van der Waals surface area (Å²) >= 11 is 0. The lowest BCUT2D eigenvalue weighted by atomic mass is 10.1. The molecule has 5 heteroatoms. The number of ether oxygens (including phenoxy) is 1. The van der Waals surface area contributed by atoms with Crippen LogP contribution in [0.25, 0.3) is 0 Å². The largest absolute Gasteiger partial charge is 0.381 e. The molecule has 5 nitrogen and oxygen atoms in total. The SMILES string of the molecule is O=C([C@H]1CCCN1C1CCOCC1)N1CCNCC1. The standard InChI is InChI=1S/C14H25N3O2/c18-14(16-8-5-15-6-9-16)13-2-1-7-17(13)12-3-10-19-11-4-12/h12-13,15H,1-11H2/t13-/m1/s1. The molecule has 0 radical (unpaired) electrons. The summed E-state index contributed by atoms with van der Waals surface area (Å²) in [7, 11) is 0. The van der Waals surface area contributed by atoms with Crippen LogP contribution in [0.3, 0.4) is 0 Å². The van der Waals surface area contributed by atoms with Gasteiger partial charge in [0.15, 0.2) is 0 Å². The Labute approximate surface area is 115 Å². The predicted octanol–water partition coefficient (Wildman–Crippen LogP) is 0.0616. The maximum Gasteiger partial charge on any atom is 0.240 e. The smallest absolute Gasteiger partial charge is 0.240 e. The van der Waals surface area contributed by atoms with E-state index in [9.17, 15) is 4.79 Å². The van der Waals surface area contributed by atoms with E-state index in [2.05, 4.69) is 15.1 Å². The number of hydrogen-bond acceptors (Lipinski definition) is 4. The molecule has 0 aromatic rings. The van der Waals surface area contributed by atoms with Gasteiger partial charge < -0.3 is 15.0 Å². The molecule has 3 heterocycles. The first-order chi connectivity index (χ1) is 9.36. The van der Waals surface area contributed by atoms with E-state index in [0.717, 1.165) is 65.2 Å². The lowest BCUT2D eigenvalue weighted by Gasteiger charge is -2.37. The summed E-state index contributed by atoms with van der Waals surface area (Å²) in [6.45, 7) is 6.43. The van der Waals surface area contributed by atoms with Crippen LogP contribution in [0.1, 0.15) is 25.7 Å². The predicted molar refractivity (Wildman–Crippen MR) is 73.0 cm³/mol. The molecule has 0 spiro atoms. The van der Waals surface area contributed by atoms with Gasteiger partial charge in [0.05, 0.1) is 6.04 Å². The third-order valence-corrected chi connectivity index (χ3v) is 4.67. The van der Waals surface area contributed by atoms with Crippen molar-refractivity contribution in [1.29, 1.82) is 0 Å². The number of piperazine rings is 1. The molecule has 108 valence electrons. The molecule has 3 aliphatic rings. The summed E-state index contributed by atoms with van der Waals surface area (Å²) in [4.78, 5) is 17.2. The van der Waals surface area contributed by atoms with E-state index in [1.54, 1.807) is 0 Å². The van der Waals surface area contributed by atoms with Gasteiger partial charge in [-0.3, -0.25) is 9.69 Å². The highest BCUT2D eigenvalue weighted by molar-refractivity contribution is 5.82. The zero-order valence-corrected chi connectivity index (χ0v) is 11.6. The van der Waals surface area contributed by atoms with Crippen LogP contribution in [0.2, 0.25) is 0 Å². The molecule has 19 heavy (non-hydrogen) atoms. The summed E-state index contributed by atoms with van der Waals surface area (Å²) in [6, 6.07) is 0.703. The molecule has 0 aromatic carbocycles. The monoisotopic (exact) mass is 267 g/mol. The Bertz CT molecular complexity index is 312. The van der Waals surface area contributed by atoms with Crippen molar-refractivity contribution in [2.45, 2.75) is 37.8 Å². The second-order valence-electron chi connectivity index (χ2n) is 5.81. The van der Waals surface area contributed by atoms with Crippen LogP contribution in [0.4, 0.5) is 0 Å². The first-order valence-electron chi connectivity index (χ1n) is 7.69. The summed E-state index contributed by atoms with van der Waals surface area (Å²) in [5.74, 6) is 0.366. The Morgan fingerprint density at radius 2 is 1.79 bits per heavy atom. The lowest BCUT2D eigenvalue weighted by Crippen LogP contribution is -2.54. The Kier molecular flexibility index (Phi) is 4.35. The summed E-state index contributed by atoms with van der Waals surface area (Å²) in [5.41, 5.74) is 0. The lowest BCUT2D eigenvalue weighted by molar-refractivity contribution is -0.138. The molecule has 1 N–H and O–H groups in total. The van der Waals surface area contributed by atoms with Gasteiger partial charge in [0.25, 0.3) is 0 Å². The average Bonchev–Trinajstić information content (AvgIpc) is 2.98. The highest BCUT2D eigenvalue weighted by Crippen LogP contribution is 2.26. The summed E-state index contributed by atoms with van der Waals surface area (Å²) < 4.78 is 5.44. The van der Waals surface area contributed by atoms with E-state index in [0.29, 0.717) is 11.9 Å². The molecule has 0 saturated carbocycles. The van der Waals surface area contributed by atoms with Gasteiger partial charge >= 0.3 is 0 Å². The molecule has 3 aliphatic heterocycles. The molecule has 1 atom stereocenters. The third kappa shape index (κ3) is 2.93. The van der Waals surface area contributed by atoms with E-state index < -0.39 is 0 Å². The van der Waals surface area contributed by atoms with E-state index >= 15 is 0 Å². The van der Waals surface area contributed by atoms with Crippen LogP contribution in [0.5, 0.6) is 0 Å². The van der Waals surface area contributed by atoms with Crippen molar-refractivity contribution in [2.24, 2.45) is 0 Å². The molecular weight excluding hydrogens is 242 g/mol. The number of nitrogens with one attached hydrogen (secondary N) is 1. The number of likely N-dealkylation sites (tertiary alicyclic amines) is 1. The normalized spacial score (nSPS) is 30.7. The first-order valence-corrected chi connectivity index (χ1v) is 7.69. The minimum Gasteiger partial charge on any atom is -0.381 e.